The summed E-state index contributed by atoms with van der Waals surface area (Å²) in [5.41, 5.74) is 2.65. The Bertz CT molecular complexity index is 327. The molecule has 76 valence electrons. The smallest absolute Gasteiger partial charge is 0.188 e. The molecule has 1 aromatic carbocycles. The molecule has 1 aliphatic heterocycles. The summed E-state index contributed by atoms with van der Waals surface area (Å²) in [6, 6.07) is 6.19. The van der Waals surface area contributed by atoms with Gasteiger partial charge < -0.3 is 10.1 Å². The molecule has 0 aliphatic carbocycles. The Balaban J connectivity index is 2.29. The van der Waals surface area contributed by atoms with Crippen molar-refractivity contribution < 1.29 is 10.1 Å². The largest absolute Gasteiger partial charge is 0.494 e. The van der Waals surface area contributed by atoms with Crippen LogP contribution in [0, 0.1) is 0 Å². The first-order valence-corrected chi connectivity index (χ1v) is 5.48. The van der Waals surface area contributed by atoms with Crippen LogP contribution < -0.4 is 10.1 Å². The lowest BCUT2D eigenvalue weighted by Crippen LogP contribution is -2.85. The predicted molar refractivity (Wildman–Crippen MR) is 56.7 cm³/mol. The lowest BCUT2D eigenvalue weighted by Gasteiger charge is -2.19. The Morgan fingerprint density at radius 2 is 2.43 bits per heavy atom. The molecule has 0 amide bonds. The Morgan fingerprint density at radius 1 is 1.57 bits per heavy atom. The highest BCUT2D eigenvalue weighted by Gasteiger charge is 2.20. The number of quaternary nitrogens is 1. The third-order valence-corrected chi connectivity index (χ3v) is 2.92. The second-order valence-corrected chi connectivity index (χ2v) is 3.94. The van der Waals surface area contributed by atoms with Crippen LogP contribution in [-0.2, 0) is 6.42 Å². The number of ether oxygens (including phenoxy) is 1. The van der Waals surface area contributed by atoms with Crippen molar-refractivity contribution in [3.63, 3.8) is 0 Å². The molecule has 1 aromatic rings. The standard InChI is InChI=1S/C11H14ClNO/c1-2-14-9-3-4-10-8(7-9)5-6-13-11(10)12/h3-4,7,11,13H,2,5-6H2,1H3/p+1. The van der Waals surface area contributed by atoms with Gasteiger partial charge in [-0.25, -0.2) is 0 Å². The zero-order valence-corrected chi connectivity index (χ0v) is 9.05. The van der Waals surface area contributed by atoms with E-state index in [1.165, 1.54) is 11.1 Å². The van der Waals surface area contributed by atoms with Crippen LogP contribution in [0.2, 0.25) is 0 Å². The molecule has 1 atom stereocenters. The number of fused-ring (bicyclic) bond motifs is 1. The fourth-order valence-corrected chi connectivity index (χ4v) is 2.18. The molecule has 0 spiro atoms. The summed E-state index contributed by atoms with van der Waals surface area (Å²) in [5, 5.41) is 2.16. The van der Waals surface area contributed by atoms with E-state index in [9.17, 15) is 0 Å². The molecule has 1 aliphatic rings. The molecule has 2 N–H and O–H groups in total. The highest BCUT2D eigenvalue weighted by molar-refractivity contribution is 6.19. The Kier molecular flexibility index (Phi) is 2.94. The van der Waals surface area contributed by atoms with Gasteiger partial charge in [0, 0.05) is 12.0 Å². The average molecular weight is 213 g/mol. The average Bonchev–Trinajstić information content (AvgIpc) is 2.18. The van der Waals surface area contributed by atoms with Crippen molar-refractivity contribution in [1.29, 1.82) is 0 Å². The van der Waals surface area contributed by atoms with Gasteiger partial charge in [-0.1, -0.05) is 11.6 Å². The summed E-state index contributed by atoms with van der Waals surface area (Å²) in [6.07, 6.45) is 1.08. The minimum Gasteiger partial charge on any atom is -0.494 e. The molecule has 0 saturated carbocycles. The minimum absolute atomic E-state index is 0.0782. The first kappa shape index (κ1) is 9.81. The maximum absolute atomic E-state index is 6.18. The number of benzene rings is 1. The Morgan fingerprint density at radius 3 is 3.21 bits per heavy atom. The normalized spacial score (nSPS) is 20.3. The van der Waals surface area contributed by atoms with Crippen LogP contribution >= 0.6 is 11.6 Å². The summed E-state index contributed by atoms with van der Waals surface area (Å²) in [6.45, 7) is 3.78. The van der Waals surface area contributed by atoms with Crippen LogP contribution in [0.15, 0.2) is 18.2 Å². The van der Waals surface area contributed by atoms with E-state index in [4.69, 9.17) is 16.3 Å². The van der Waals surface area contributed by atoms with Crippen LogP contribution in [-0.4, -0.2) is 13.2 Å². The first-order valence-electron chi connectivity index (χ1n) is 5.04. The summed E-state index contributed by atoms with van der Waals surface area (Å²) in [5.74, 6) is 0.956. The van der Waals surface area contributed by atoms with Crippen molar-refractivity contribution in [2.75, 3.05) is 13.2 Å². The lowest BCUT2D eigenvalue weighted by atomic mass is 10.0. The van der Waals surface area contributed by atoms with Gasteiger partial charge in [0.25, 0.3) is 0 Å². The third kappa shape index (κ3) is 1.86. The van der Waals surface area contributed by atoms with Gasteiger partial charge in [0.2, 0.25) is 0 Å². The molecule has 0 fully saturated rings. The summed E-state index contributed by atoms with van der Waals surface area (Å²) in [7, 11) is 0. The molecule has 1 unspecified atom stereocenters. The molecule has 0 radical (unpaired) electrons. The van der Waals surface area contributed by atoms with Crippen molar-refractivity contribution in [3.05, 3.63) is 29.3 Å². The number of alkyl halides is 1. The number of hydrogen-bond acceptors (Lipinski definition) is 1. The summed E-state index contributed by atoms with van der Waals surface area (Å²) >= 11 is 6.18. The minimum atomic E-state index is 0.0782. The van der Waals surface area contributed by atoms with E-state index < -0.39 is 0 Å². The number of nitrogens with two attached hydrogens (primary N) is 1. The number of halogens is 1. The molecule has 14 heavy (non-hydrogen) atoms. The molecule has 2 rings (SSSR count). The van der Waals surface area contributed by atoms with Crippen molar-refractivity contribution in [3.8, 4) is 5.75 Å². The van der Waals surface area contributed by atoms with Crippen molar-refractivity contribution in [2.45, 2.75) is 18.8 Å². The van der Waals surface area contributed by atoms with Crippen LogP contribution in [0.5, 0.6) is 5.75 Å². The van der Waals surface area contributed by atoms with Gasteiger partial charge in [0.15, 0.2) is 5.50 Å². The summed E-state index contributed by atoms with van der Waals surface area (Å²) in [4.78, 5) is 0. The molecule has 0 saturated heterocycles. The van der Waals surface area contributed by atoms with Crippen molar-refractivity contribution in [1.82, 2.24) is 0 Å². The van der Waals surface area contributed by atoms with E-state index in [1.807, 2.05) is 13.0 Å². The fourth-order valence-electron chi connectivity index (χ4n) is 1.84. The fraction of sp³-hybridized carbons (Fsp3) is 0.455. The quantitative estimate of drug-likeness (QED) is 0.583. The van der Waals surface area contributed by atoms with Gasteiger partial charge in [0.05, 0.1) is 13.2 Å². The van der Waals surface area contributed by atoms with Gasteiger partial charge in [-0.2, -0.15) is 0 Å². The van der Waals surface area contributed by atoms with Crippen LogP contribution in [0.1, 0.15) is 23.6 Å². The van der Waals surface area contributed by atoms with Gasteiger partial charge >= 0.3 is 0 Å². The van der Waals surface area contributed by atoms with E-state index in [1.54, 1.807) is 0 Å². The topological polar surface area (TPSA) is 25.8 Å². The van der Waals surface area contributed by atoms with E-state index in [0.717, 1.165) is 25.3 Å². The third-order valence-electron chi connectivity index (χ3n) is 2.51. The SMILES string of the molecule is CCOc1ccc2c(c1)CC[NH2+]C2Cl. The monoisotopic (exact) mass is 212 g/mol. The van der Waals surface area contributed by atoms with Crippen LogP contribution in [0.25, 0.3) is 0 Å². The number of rotatable bonds is 2. The van der Waals surface area contributed by atoms with E-state index >= 15 is 0 Å². The summed E-state index contributed by atoms with van der Waals surface area (Å²) < 4.78 is 5.45. The highest BCUT2D eigenvalue weighted by Crippen LogP contribution is 2.25. The molecule has 3 heteroatoms. The molecular formula is C11H15ClNO+. The van der Waals surface area contributed by atoms with Crippen molar-refractivity contribution >= 4 is 11.6 Å². The van der Waals surface area contributed by atoms with Crippen molar-refractivity contribution in [2.24, 2.45) is 0 Å². The van der Waals surface area contributed by atoms with Gasteiger partial charge in [-0.15, -0.1) is 0 Å². The van der Waals surface area contributed by atoms with Crippen LogP contribution in [0.4, 0.5) is 0 Å². The second-order valence-electron chi connectivity index (χ2n) is 3.47. The first-order chi connectivity index (χ1) is 6.81. The maximum Gasteiger partial charge on any atom is 0.188 e. The zero-order chi connectivity index (χ0) is 9.97. The van der Waals surface area contributed by atoms with Gasteiger partial charge in [-0.3, -0.25) is 0 Å². The van der Waals surface area contributed by atoms with Gasteiger partial charge in [0.1, 0.15) is 5.75 Å². The van der Waals surface area contributed by atoms with E-state index in [2.05, 4.69) is 17.4 Å². The zero-order valence-electron chi connectivity index (χ0n) is 8.29. The predicted octanol–water partition coefficient (Wildman–Crippen LogP) is 1.44. The second kappa shape index (κ2) is 4.20. The lowest BCUT2D eigenvalue weighted by molar-refractivity contribution is -0.679. The Hall–Kier alpha value is -0.730. The van der Waals surface area contributed by atoms with Crippen LogP contribution in [0.3, 0.4) is 0 Å². The Labute approximate surface area is 89.2 Å². The highest BCUT2D eigenvalue weighted by atomic mass is 35.5. The van der Waals surface area contributed by atoms with Gasteiger partial charge in [-0.05, 0) is 30.7 Å². The molecule has 2 nitrogen and oxygen atoms in total. The number of hydrogen-bond donors (Lipinski definition) is 1. The molecular weight excluding hydrogens is 198 g/mol. The maximum atomic E-state index is 6.18. The van der Waals surface area contributed by atoms with E-state index in [0.29, 0.717) is 0 Å². The molecule has 0 bridgehead atoms. The van der Waals surface area contributed by atoms with E-state index in [-0.39, 0.29) is 5.50 Å². The molecule has 0 aromatic heterocycles. The molecule has 1 heterocycles.